The molecular formula is C45H31F. The van der Waals surface area contributed by atoms with Gasteiger partial charge in [-0.25, -0.2) is 4.39 Å². The number of benzene rings is 8. The second-order valence-corrected chi connectivity index (χ2v) is 12.9. The lowest BCUT2D eigenvalue weighted by Crippen LogP contribution is -1.88. The Hall–Kier alpha value is -5.53. The zero-order valence-corrected chi connectivity index (χ0v) is 25.8. The average molecular weight is 591 g/mol. The van der Waals surface area contributed by atoms with Gasteiger partial charge in [0.25, 0.3) is 0 Å². The van der Waals surface area contributed by atoms with Crippen LogP contribution in [0.3, 0.4) is 0 Å². The molecule has 0 N–H and O–H groups in total. The third-order valence-corrected chi connectivity index (χ3v) is 9.80. The molecule has 46 heavy (non-hydrogen) atoms. The van der Waals surface area contributed by atoms with E-state index in [1.807, 2.05) is 0 Å². The Morgan fingerprint density at radius 2 is 0.978 bits per heavy atom. The molecule has 0 radical (unpaired) electrons. The van der Waals surface area contributed by atoms with Gasteiger partial charge in [0, 0.05) is 0 Å². The molecule has 0 atom stereocenters. The van der Waals surface area contributed by atoms with Crippen LogP contribution in [-0.2, 0) is 0 Å². The van der Waals surface area contributed by atoms with E-state index in [2.05, 4.69) is 147 Å². The third kappa shape index (κ3) is 4.27. The smallest absolute Gasteiger partial charge is 0.124 e. The number of hydrogen-bond donors (Lipinski definition) is 0. The minimum atomic E-state index is -0.229. The first-order valence-electron chi connectivity index (χ1n) is 16.0. The van der Waals surface area contributed by atoms with Crippen LogP contribution in [0.2, 0.25) is 0 Å². The molecule has 0 nitrogen and oxygen atoms in total. The van der Waals surface area contributed by atoms with Crippen LogP contribution in [0.5, 0.6) is 0 Å². The average Bonchev–Trinajstić information content (AvgIpc) is 3.41. The lowest BCUT2D eigenvalue weighted by molar-refractivity contribution is 0.629. The van der Waals surface area contributed by atoms with Gasteiger partial charge in [0.15, 0.2) is 0 Å². The third-order valence-electron chi connectivity index (χ3n) is 9.80. The molecule has 0 aliphatic heterocycles. The van der Waals surface area contributed by atoms with Crippen molar-refractivity contribution in [2.45, 2.75) is 19.8 Å². The van der Waals surface area contributed by atoms with E-state index in [0.717, 1.165) is 33.0 Å². The minimum Gasteiger partial charge on any atom is -0.207 e. The molecule has 0 aromatic heterocycles. The molecule has 218 valence electrons. The Morgan fingerprint density at radius 3 is 1.72 bits per heavy atom. The van der Waals surface area contributed by atoms with Crippen LogP contribution in [0, 0.1) is 5.82 Å². The highest BCUT2D eigenvalue weighted by Gasteiger charge is 2.23. The fraction of sp³-hybridized carbons (Fsp3) is 0.0667. The molecule has 8 aromatic carbocycles. The van der Waals surface area contributed by atoms with E-state index < -0.39 is 0 Å². The van der Waals surface area contributed by atoms with Crippen LogP contribution >= 0.6 is 0 Å². The van der Waals surface area contributed by atoms with Crippen LogP contribution in [0.25, 0.3) is 88.0 Å². The predicted molar refractivity (Wildman–Crippen MR) is 194 cm³/mol. The molecule has 1 aliphatic carbocycles. The van der Waals surface area contributed by atoms with Gasteiger partial charge in [-0.2, -0.15) is 0 Å². The number of fused-ring (bicyclic) bond motifs is 5. The standard InChI is InChI=1S/C45H31F/c1-27(2)29-16-17-40-43-19-18-39(41-8-5-9-42(45(41)43)44(40)26-29)37-23-36(24-38(46)25-37)35-15-14-33-21-32(12-13-34(33)22-35)31-11-10-28-6-3-4-7-30(28)20-31/h3-27H,1-2H3. The van der Waals surface area contributed by atoms with Crippen molar-refractivity contribution >= 4 is 32.3 Å². The zero-order chi connectivity index (χ0) is 30.9. The lowest BCUT2D eigenvalue weighted by atomic mass is 9.92. The second kappa shape index (κ2) is 10.3. The first kappa shape index (κ1) is 26.8. The summed E-state index contributed by atoms with van der Waals surface area (Å²) in [6.45, 7) is 4.48. The summed E-state index contributed by atoms with van der Waals surface area (Å²) in [5.41, 5.74) is 12.7. The van der Waals surface area contributed by atoms with Gasteiger partial charge in [-0.05, 0) is 136 Å². The Kier molecular flexibility index (Phi) is 5.98. The summed E-state index contributed by atoms with van der Waals surface area (Å²) in [5, 5.41) is 7.20. The van der Waals surface area contributed by atoms with Crippen molar-refractivity contribution in [2.75, 3.05) is 0 Å². The number of halogens is 1. The van der Waals surface area contributed by atoms with Crippen LogP contribution in [0.15, 0.2) is 146 Å². The van der Waals surface area contributed by atoms with Gasteiger partial charge in [0.05, 0.1) is 0 Å². The molecule has 0 spiro atoms. The molecule has 8 aromatic rings. The highest BCUT2D eigenvalue weighted by molar-refractivity contribution is 6.18. The maximum absolute atomic E-state index is 15.4. The summed E-state index contributed by atoms with van der Waals surface area (Å²) in [4.78, 5) is 0. The van der Waals surface area contributed by atoms with Crippen molar-refractivity contribution in [3.8, 4) is 55.6 Å². The van der Waals surface area contributed by atoms with Gasteiger partial charge >= 0.3 is 0 Å². The van der Waals surface area contributed by atoms with Gasteiger partial charge in [0.2, 0.25) is 0 Å². The van der Waals surface area contributed by atoms with Crippen molar-refractivity contribution in [3.63, 3.8) is 0 Å². The first-order chi connectivity index (χ1) is 22.5. The fourth-order valence-electron chi connectivity index (χ4n) is 7.37. The maximum atomic E-state index is 15.4. The van der Waals surface area contributed by atoms with Crippen LogP contribution in [0.1, 0.15) is 25.3 Å². The quantitative estimate of drug-likeness (QED) is 0.191. The Balaban J connectivity index is 1.11. The molecule has 0 saturated heterocycles. The summed E-state index contributed by atoms with van der Waals surface area (Å²) in [7, 11) is 0. The molecule has 0 amide bonds. The molecular weight excluding hydrogens is 559 g/mol. The second-order valence-electron chi connectivity index (χ2n) is 12.9. The normalized spacial score (nSPS) is 12.0. The summed E-state index contributed by atoms with van der Waals surface area (Å²) >= 11 is 0. The highest BCUT2D eigenvalue weighted by Crippen LogP contribution is 2.50. The molecule has 1 aliphatic rings. The van der Waals surface area contributed by atoms with Gasteiger partial charge < -0.3 is 0 Å². The van der Waals surface area contributed by atoms with E-state index in [0.29, 0.717) is 5.92 Å². The lowest BCUT2D eigenvalue weighted by Gasteiger charge is -2.12. The topological polar surface area (TPSA) is 0 Å². The Morgan fingerprint density at radius 1 is 0.391 bits per heavy atom. The van der Waals surface area contributed by atoms with E-state index in [-0.39, 0.29) is 5.82 Å². The van der Waals surface area contributed by atoms with Gasteiger partial charge in [0.1, 0.15) is 5.82 Å². The Bertz CT molecular complexity index is 2520. The first-order valence-corrected chi connectivity index (χ1v) is 16.0. The van der Waals surface area contributed by atoms with Crippen LogP contribution in [-0.4, -0.2) is 0 Å². The van der Waals surface area contributed by atoms with E-state index >= 15 is 4.39 Å². The van der Waals surface area contributed by atoms with E-state index in [4.69, 9.17) is 0 Å². The van der Waals surface area contributed by atoms with Crippen LogP contribution in [0.4, 0.5) is 4.39 Å². The number of rotatable bonds is 4. The molecule has 0 bridgehead atoms. The van der Waals surface area contributed by atoms with Crippen molar-refractivity contribution in [2.24, 2.45) is 0 Å². The van der Waals surface area contributed by atoms with Gasteiger partial charge in [-0.3, -0.25) is 0 Å². The van der Waals surface area contributed by atoms with Crippen molar-refractivity contribution < 1.29 is 4.39 Å². The molecule has 1 heteroatoms. The van der Waals surface area contributed by atoms with E-state index in [1.165, 1.54) is 60.5 Å². The van der Waals surface area contributed by atoms with Gasteiger partial charge in [-0.15, -0.1) is 0 Å². The fourth-order valence-corrected chi connectivity index (χ4v) is 7.37. The van der Waals surface area contributed by atoms with E-state index in [9.17, 15) is 0 Å². The van der Waals surface area contributed by atoms with Gasteiger partial charge in [-0.1, -0.05) is 123 Å². The number of hydrogen-bond acceptors (Lipinski definition) is 0. The largest absolute Gasteiger partial charge is 0.207 e. The van der Waals surface area contributed by atoms with Crippen molar-refractivity contribution in [1.29, 1.82) is 0 Å². The summed E-state index contributed by atoms with van der Waals surface area (Å²) in [5.74, 6) is 0.239. The minimum absolute atomic E-state index is 0.229. The Labute approximate surface area is 268 Å². The summed E-state index contributed by atoms with van der Waals surface area (Å²) in [6, 6.07) is 51.4. The monoisotopic (exact) mass is 590 g/mol. The molecule has 0 saturated carbocycles. The van der Waals surface area contributed by atoms with Crippen molar-refractivity contribution in [3.05, 3.63) is 157 Å². The van der Waals surface area contributed by atoms with Crippen molar-refractivity contribution in [1.82, 2.24) is 0 Å². The molecule has 0 fully saturated rings. The zero-order valence-electron chi connectivity index (χ0n) is 25.8. The maximum Gasteiger partial charge on any atom is 0.124 e. The molecule has 0 unspecified atom stereocenters. The summed E-state index contributed by atoms with van der Waals surface area (Å²) in [6.07, 6.45) is 0. The predicted octanol–water partition coefficient (Wildman–Crippen LogP) is 13.1. The van der Waals surface area contributed by atoms with E-state index in [1.54, 1.807) is 12.1 Å². The summed E-state index contributed by atoms with van der Waals surface area (Å²) < 4.78 is 15.4. The molecule has 0 heterocycles. The van der Waals surface area contributed by atoms with Crippen LogP contribution < -0.4 is 0 Å². The highest BCUT2D eigenvalue weighted by atomic mass is 19.1. The SMILES string of the molecule is CC(C)c1ccc2c(c1)-c1cccc3c(-c4cc(F)cc(-c5ccc6cc(-c7ccc8ccccc8c7)ccc6c5)c4)ccc-2c13. The molecule has 9 rings (SSSR count).